The van der Waals surface area contributed by atoms with E-state index in [1.807, 2.05) is 19.2 Å². The Labute approximate surface area is 93.0 Å². The molecular weight excluding hydrogens is 214 g/mol. The van der Waals surface area contributed by atoms with E-state index in [1.165, 1.54) is 6.92 Å². The molecule has 88 valence electrons. The number of rotatable bonds is 4. The highest BCUT2D eigenvalue weighted by molar-refractivity contribution is 5.73. The van der Waals surface area contributed by atoms with E-state index in [2.05, 4.69) is 9.84 Å². The summed E-state index contributed by atoms with van der Waals surface area (Å²) in [5.41, 5.74) is 1.66. The zero-order valence-corrected chi connectivity index (χ0v) is 9.45. The number of ether oxygens (including phenoxy) is 1. The minimum Gasteiger partial charge on any atom is -0.440 e. The number of hydrogen-bond acceptors (Lipinski definition) is 2. The van der Waals surface area contributed by atoms with Crippen LogP contribution in [-0.4, -0.2) is 16.4 Å². The van der Waals surface area contributed by atoms with E-state index in [4.69, 9.17) is 0 Å². The van der Waals surface area contributed by atoms with Gasteiger partial charge in [-0.05, 0) is 25.5 Å². The summed E-state index contributed by atoms with van der Waals surface area (Å²) in [6.07, 6.45) is 6.85. The van der Waals surface area contributed by atoms with Crippen molar-refractivity contribution < 1.29 is 13.5 Å². The fraction of sp³-hybridized carbons (Fsp3) is 0.364. The SMILES string of the molecule is CC=C(C=C(C)OC(F)F)c1cnn(C)c1. The van der Waals surface area contributed by atoms with Crippen LogP contribution < -0.4 is 0 Å². The Morgan fingerprint density at radius 2 is 2.25 bits per heavy atom. The molecule has 0 unspecified atom stereocenters. The molecule has 0 saturated carbocycles. The molecule has 0 aliphatic carbocycles. The highest BCUT2D eigenvalue weighted by atomic mass is 19.3. The van der Waals surface area contributed by atoms with Crippen LogP contribution in [0.1, 0.15) is 19.4 Å². The summed E-state index contributed by atoms with van der Waals surface area (Å²) >= 11 is 0. The third-order valence-corrected chi connectivity index (χ3v) is 1.98. The zero-order chi connectivity index (χ0) is 12.1. The van der Waals surface area contributed by atoms with Crippen molar-refractivity contribution in [2.24, 2.45) is 7.05 Å². The largest absolute Gasteiger partial charge is 0.440 e. The van der Waals surface area contributed by atoms with E-state index in [-0.39, 0.29) is 5.76 Å². The molecule has 0 spiro atoms. The average Bonchev–Trinajstić information content (AvgIpc) is 2.60. The summed E-state index contributed by atoms with van der Waals surface area (Å²) in [5, 5.41) is 4.01. The summed E-state index contributed by atoms with van der Waals surface area (Å²) in [4.78, 5) is 0. The third-order valence-electron chi connectivity index (χ3n) is 1.98. The summed E-state index contributed by atoms with van der Waals surface area (Å²) in [7, 11) is 1.79. The summed E-state index contributed by atoms with van der Waals surface area (Å²) in [5.74, 6) is 0.173. The molecule has 0 fully saturated rings. The topological polar surface area (TPSA) is 27.1 Å². The molecule has 0 aliphatic rings. The van der Waals surface area contributed by atoms with E-state index >= 15 is 0 Å². The Morgan fingerprint density at radius 3 is 2.69 bits per heavy atom. The molecule has 3 nitrogen and oxygen atoms in total. The lowest BCUT2D eigenvalue weighted by atomic mass is 10.1. The number of aryl methyl sites for hydroxylation is 1. The predicted molar refractivity (Wildman–Crippen MR) is 57.7 cm³/mol. The van der Waals surface area contributed by atoms with Crippen LogP contribution >= 0.6 is 0 Å². The van der Waals surface area contributed by atoms with Crippen molar-refractivity contribution in [3.05, 3.63) is 35.9 Å². The van der Waals surface area contributed by atoms with Crippen LogP contribution in [0.15, 0.2) is 30.3 Å². The minimum atomic E-state index is -2.79. The lowest BCUT2D eigenvalue weighted by molar-refractivity contribution is -0.0952. The molecule has 1 rings (SSSR count). The Balaban J connectivity index is 2.85. The van der Waals surface area contributed by atoms with E-state index in [9.17, 15) is 8.78 Å². The standard InChI is InChI=1S/C11H14F2N2O/c1-4-9(5-8(2)16-11(12)13)10-6-14-15(3)7-10/h4-7,11H,1-3H3. The van der Waals surface area contributed by atoms with Gasteiger partial charge in [0.1, 0.15) is 5.76 Å². The van der Waals surface area contributed by atoms with Gasteiger partial charge in [0.05, 0.1) is 6.20 Å². The second-order valence-corrected chi connectivity index (χ2v) is 3.28. The van der Waals surface area contributed by atoms with Crippen molar-refractivity contribution in [2.75, 3.05) is 0 Å². The van der Waals surface area contributed by atoms with Crippen molar-refractivity contribution in [1.82, 2.24) is 9.78 Å². The van der Waals surface area contributed by atoms with E-state index in [0.717, 1.165) is 11.1 Å². The Hall–Kier alpha value is -1.65. The van der Waals surface area contributed by atoms with Crippen molar-refractivity contribution in [2.45, 2.75) is 20.5 Å². The van der Waals surface area contributed by atoms with E-state index in [0.29, 0.717) is 0 Å². The Kier molecular flexibility index (Phi) is 4.22. The first kappa shape index (κ1) is 12.4. The van der Waals surface area contributed by atoms with Gasteiger partial charge in [-0.3, -0.25) is 4.68 Å². The quantitative estimate of drug-likeness (QED) is 0.585. The lowest BCUT2D eigenvalue weighted by Crippen LogP contribution is -1.96. The first-order valence-corrected chi connectivity index (χ1v) is 4.81. The van der Waals surface area contributed by atoms with Crippen LogP contribution in [0.25, 0.3) is 5.57 Å². The van der Waals surface area contributed by atoms with Crippen molar-refractivity contribution in [3.8, 4) is 0 Å². The maximum Gasteiger partial charge on any atom is 0.387 e. The number of halogens is 2. The summed E-state index contributed by atoms with van der Waals surface area (Å²) in [6, 6.07) is 0. The van der Waals surface area contributed by atoms with Gasteiger partial charge in [-0.1, -0.05) is 6.08 Å². The second kappa shape index (κ2) is 5.44. The van der Waals surface area contributed by atoms with Gasteiger partial charge in [-0.25, -0.2) is 0 Å². The molecule has 0 radical (unpaired) electrons. The van der Waals surface area contributed by atoms with Gasteiger partial charge in [-0.15, -0.1) is 0 Å². The number of nitrogens with zero attached hydrogens (tertiary/aromatic N) is 2. The van der Waals surface area contributed by atoms with Crippen LogP contribution in [-0.2, 0) is 11.8 Å². The van der Waals surface area contributed by atoms with E-state index in [1.54, 1.807) is 24.0 Å². The fourth-order valence-corrected chi connectivity index (χ4v) is 1.30. The third kappa shape index (κ3) is 3.49. The van der Waals surface area contributed by atoms with Crippen molar-refractivity contribution in [3.63, 3.8) is 0 Å². The molecule has 0 saturated heterocycles. The predicted octanol–water partition coefficient (Wildman–Crippen LogP) is 2.97. The van der Waals surface area contributed by atoms with Gasteiger partial charge in [0.2, 0.25) is 0 Å². The summed E-state index contributed by atoms with van der Waals surface area (Å²) in [6.45, 7) is 0.531. The van der Waals surface area contributed by atoms with Crippen LogP contribution in [0.2, 0.25) is 0 Å². The molecule has 16 heavy (non-hydrogen) atoms. The molecule has 0 N–H and O–H groups in total. The fourth-order valence-electron chi connectivity index (χ4n) is 1.30. The maximum absolute atomic E-state index is 11.9. The first-order valence-electron chi connectivity index (χ1n) is 4.81. The molecule has 0 aromatic carbocycles. The van der Waals surface area contributed by atoms with Crippen LogP contribution in [0.4, 0.5) is 8.78 Å². The number of hydrogen-bond donors (Lipinski definition) is 0. The van der Waals surface area contributed by atoms with Gasteiger partial charge in [0.15, 0.2) is 0 Å². The summed E-state index contributed by atoms with van der Waals surface area (Å²) < 4.78 is 29.8. The Bertz CT molecular complexity index is 408. The second-order valence-electron chi connectivity index (χ2n) is 3.28. The zero-order valence-electron chi connectivity index (χ0n) is 9.45. The van der Waals surface area contributed by atoms with Gasteiger partial charge in [0.25, 0.3) is 0 Å². The molecule has 0 aliphatic heterocycles. The van der Waals surface area contributed by atoms with E-state index < -0.39 is 6.61 Å². The van der Waals surface area contributed by atoms with Crippen LogP contribution in [0.5, 0.6) is 0 Å². The lowest BCUT2D eigenvalue weighted by Gasteiger charge is -2.05. The molecule has 0 amide bonds. The molecule has 1 aromatic heterocycles. The van der Waals surface area contributed by atoms with Crippen molar-refractivity contribution in [1.29, 1.82) is 0 Å². The average molecular weight is 228 g/mol. The number of alkyl halides is 2. The molecule has 5 heteroatoms. The molecular formula is C11H14F2N2O. The molecule has 0 bridgehead atoms. The number of aromatic nitrogens is 2. The normalized spacial score (nSPS) is 13.4. The molecule has 1 heterocycles. The van der Waals surface area contributed by atoms with Gasteiger partial charge in [-0.2, -0.15) is 13.9 Å². The minimum absolute atomic E-state index is 0.173. The smallest absolute Gasteiger partial charge is 0.387 e. The number of allylic oxidation sites excluding steroid dienone is 4. The highest BCUT2D eigenvalue weighted by Gasteiger charge is 2.05. The maximum atomic E-state index is 11.9. The van der Waals surface area contributed by atoms with Crippen molar-refractivity contribution >= 4 is 5.57 Å². The Morgan fingerprint density at radius 1 is 1.56 bits per heavy atom. The monoisotopic (exact) mass is 228 g/mol. The molecule has 0 atom stereocenters. The van der Waals surface area contributed by atoms with Crippen LogP contribution in [0, 0.1) is 0 Å². The molecule has 1 aromatic rings. The highest BCUT2D eigenvalue weighted by Crippen LogP contribution is 2.18. The van der Waals surface area contributed by atoms with Gasteiger partial charge >= 0.3 is 6.61 Å². The first-order chi connectivity index (χ1) is 7.52. The van der Waals surface area contributed by atoms with Gasteiger partial charge in [0, 0.05) is 18.8 Å². The van der Waals surface area contributed by atoms with Crippen LogP contribution in [0.3, 0.4) is 0 Å². The van der Waals surface area contributed by atoms with Gasteiger partial charge < -0.3 is 4.74 Å².